The Labute approximate surface area is 112 Å². The van der Waals surface area contributed by atoms with Crippen LogP contribution in [0, 0.1) is 11.2 Å². The van der Waals surface area contributed by atoms with E-state index in [9.17, 15) is 12.8 Å². The Balaban J connectivity index is 2.15. The molecule has 6 heteroatoms. The molecule has 0 amide bonds. The molecule has 1 fully saturated rings. The maximum absolute atomic E-state index is 13.7. The van der Waals surface area contributed by atoms with Gasteiger partial charge in [-0.25, -0.2) is 17.5 Å². The van der Waals surface area contributed by atoms with Crippen molar-refractivity contribution in [2.45, 2.75) is 37.7 Å². The van der Waals surface area contributed by atoms with Crippen molar-refractivity contribution < 1.29 is 17.9 Å². The van der Waals surface area contributed by atoms with Crippen molar-refractivity contribution in [1.82, 2.24) is 4.72 Å². The third-order valence-electron chi connectivity index (χ3n) is 3.72. The number of hydrogen-bond acceptors (Lipinski definition) is 3. The molecule has 0 unspecified atom stereocenters. The first-order chi connectivity index (χ1) is 8.86. The first kappa shape index (κ1) is 14.4. The molecule has 1 aromatic carbocycles. The van der Waals surface area contributed by atoms with Gasteiger partial charge < -0.3 is 5.11 Å². The van der Waals surface area contributed by atoms with Crippen LogP contribution in [0.2, 0.25) is 0 Å². The van der Waals surface area contributed by atoms with Crippen LogP contribution in [0.5, 0.6) is 0 Å². The van der Waals surface area contributed by atoms with E-state index in [4.69, 9.17) is 5.11 Å². The van der Waals surface area contributed by atoms with Gasteiger partial charge in [-0.2, -0.15) is 0 Å². The number of aliphatic hydroxyl groups excluding tert-OH is 1. The molecule has 1 aromatic rings. The molecule has 0 aromatic heterocycles. The molecule has 0 saturated heterocycles. The van der Waals surface area contributed by atoms with Gasteiger partial charge in [0, 0.05) is 6.54 Å². The summed E-state index contributed by atoms with van der Waals surface area (Å²) in [6, 6.07) is 3.63. The maximum atomic E-state index is 13.7. The minimum absolute atomic E-state index is 0.00537. The first-order valence-corrected chi connectivity index (χ1v) is 7.74. The van der Waals surface area contributed by atoms with E-state index in [-0.39, 0.29) is 16.9 Å². The summed E-state index contributed by atoms with van der Waals surface area (Å²) in [6.45, 7) is 2.03. The molecule has 0 spiro atoms. The molecule has 0 heterocycles. The Bertz CT molecular complexity index is 567. The van der Waals surface area contributed by atoms with Gasteiger partial charge in [-0.1, -0.05) is 19.4 Å². The largest absolute Gasteiger partial charge is 0.392 e. The highest BCUT2D eigenvalue weighted by molar-refractivity contribution is 7.89. The van der Waals surface area contributed by atoms with Crippen molar-refractivity contribution in [3.05, 3.63) is 29.6 Å². The molecule has 0 aliphatic heterocycles. The Hall–Kier alpha value is -0.980. The summed E-state index contributed by atoms with van der Waals surface area (Å²) in [7, 11) is -3.83. The molecule has 2 rings (SSSR count). The second-order valence-corrected chi connectivity index (χ2v) is 7.15. The van der Waals surface area contributed by atoms with Crippen molar-refractivity contribution in [2.24, 2.45) is 5.41 Å². The van der Waals surface area contributed by atoms with Crippen molar-refractivity contribution in [1.29, 1.82) is 0 Å². The van der Waals surface area contributed by atoms with E-state index in [1.54, 1.807) is 0 Å². The van der Waals surface area contributed by atoms with Crippen LogP contribution in [0.4, 0.5) is 4.39 Å². The zero-order valence-corrected chi connectivity index (χ0v) is 11.6. The van der Waals surface area contributed by atoms with Crippen LogP contribution < -0.4 is 4.72 Å². The fourth-order valence-electron chi connectivity index (χ4n) is 2.16. The average molecular weight is 287 g/mol. The smallest absolute Gasteiger partial charge is 0.243 e. The predicted octanol–water partition coefficient (Wildman–Crippen LogP) is 1.79. The third kappa shape index (κ3) is 3.13. The van der Waals surface area contributed by atoms with Gasteiger partial charge in [-0.05, 0) is 36.0 Å². The van der Waals surface area contributed by atoms with Crippen molar-refractivity contribution in [2.75, 3.05) is 6.54 Å². The summed E-state index contributed by atoms with van der Waals surface area (Å²) in [6.07, 6.45) is 3.08. The van der Waals surface area contributed by atoms with Gasteiger partial charge in [0.1, 0.15) is 10.7 Å². The molecular weight excluding hydrogens is 269 g/mol. The third-order valence-corrected chi connectivity index (χ3v) is 5.15. The van der Waals surface area contributed by atoms with Gasteiger partial charge in [-0.3, -0.25) is 0 Å². The molecule has 1 aliphatic rings. The molecule has 106 valence electrons. The lowest BCUT2D eigenvalue weighted by Gasteiger charge is -2.38. The zero-order valence-electron chi connectivity index (χ0n) is 10.8. The predicted molar refractivity (Wildman–Crippen MR) is 69.5 cm³/mol. The van der Waals surface area contributed by atoms with Crippen LogP contribution in [0.3, 0.4) is 0 Å². The molecule has 0 bridgehead atoms. The van der Waals surface area contributed by atoms with Crippen molar-refractivity contribution in [3.8, 4) is 0 Å². The fraction of sp³-hybridized carbons (Fsp3) is 0.538. The summed E-state index contributed by atoms with van der Waals surface area (Å²) >= 11 is 0. The summed E-state index contributed by atoms with van der Waals surface area (Å²) in [5, 5.41) is 8.87. The Morgan fingerprint density at radius 3 is 2.58 bits per heavy atom. The van der Waals surface area contributed by atoms with Gasteiger partial charge in [0.15, 0.2) is 0 Å². The fourth-order valence-corrected chi connectivity index (χ4v) is 3.42. The number of sulfonamides is 1. The monoisotopic (exact) mass is 287 g/mol. The number of aliphatic hydroxyl groups is 1. The van der Waals surface area contributed by atoms with Crippen LogP contribution in [-0.2, 0) is 16.6 Å². The quantitative estimate of drug-likeness (QED) is 0.867. The van der Waals surface area contributed by atoms with Gasteiger partial charge in [0.05, 0.1) is 6.61 Å². The molecule has 0 atom stereocenters. The Morgan fingerprint density at radius 1 is 1.42 bits per heavy atom. The first-order valence-electron chi connectivity index (χ1n) is 6.25. The standard InChI is InChI=1S/C13H18FNO3S/c1-13(5-2-6-13)9-15-19(17,18)12-4-3-10(8-16)7-11(12)14/h3-4,7,15-16H,2,5-6,8-9H2,1H3. The molecular formula is C13H18FNO3S. The number of hydrogen-bond donors (Lipinski definition) is 2. The van der Waals surface area contributed by atoms with Gasteiger partial charge in [0.25, 0.3) is 0 Å². The van der Waals surface area contributed by atoms with E-state index in [2.05, 4.69) is 4.72 Å². The highest BCUT2D eigenvalue weighted by Gasteiger charge is 2.33. The Kier molecular flexibility index (Phi) is 3.94. The summed E-state index contributed by atoms with van der Waals surface area (Å²) in [4.78, 5) is -0.368. The van der Waals surface area contributed by atoms with Gasteiger partial charge in [0.2, 0.25) is 10.0 Å². The van der Waals surface area contributed by atoms with Gasteiger partial charge >= 0.3 is 0 Å². The van der Waals surface area contributed by atoms with Crippen molar-refractivity contribution >= 4 is 10.0 Å². The average Bonchev–Trinajstić information content (AvgIpc) is 2.33. The van der Waals surface area contributed by atoms with E-state index >= 15 is 0 Å². The minimum Gasteiger partial charge on any atom is -0.392 e. The lowest BCUT2D eigenvalue weighted by molar-refractivity contribution is 0.166. The molecule has 1 aliphatic carbocycles. The lowest BCUT2D eigenvalue weighted by Crippen LogP contribution is -2.40. The summed E-state index contributed by atoms with van der Waals surface area (Å²) in [5.41, 5.74) is 0.344. The SMILES string of the molecule is CC1(CNS(=O)(=O)c2ccc(CO)cc2F)CCC1. The molecule has 19 heavy (non-hydrogen) atoms. The molecule has 4 nitrogen and oxygen atoms in total. The summed E-state index contributed by atoms with van der Waals surface area (Å²) in [5.74, 6) is -0.835. The Morgan fingerprint density at radius 2 is 2.11 bits per heavy atom. The van der Waals surface area contributed by atoms with Crippen LogP contribution in [0.25, 0.3) is 0 Å². The second-order valence-electron chi connectivity index (χ2n) is 5.41. The summed E-state index contributed by atoms with van der Waals surface area (Å²) < 4.78 is 40.2. The molecule has 1 saturated carbocycles. The number of halogens is 1. The van der Waals surface area contributed by atoms with E-state index in [1.807, 2.05) is 6.92 Å². The number of rotatable bonds is 5. The normalized spacial score (nSPS) is 18.1. The van der Waals surface area contributed by atoms with E-state index in [1.165, 1.54) is 12.1 Å². The maximum Gasteiger partial charge on any atom is 0.243 e. The van der Waals surface area contributed by atoms with Crippen LogP contribution in [0.1, 0.15) is 31.7 Å². The highest BCUT2D eigenvalue weighted by atomic mass is 32.2. The number of nitrogens with one attached hydrogen (secondary N) is 1. The van der Waals surface area contributed by atoms with Crippen molar-refractivity contribution in [3.63, 3.8) is 0 Å². The zero-order chi connectivity index (χ0) is 14.1. The minimum atomic E-state index is -3.83. The van der Waals surface area contributed by atoms with Crippen LogP contribution >= 0.6 is 0 Å². The number of benzene rings is 1. The molecule has 2 N–H and O–H groups in total. The van der Waals surface area contributed by atoms with Gasteiger partial charge in [-0.15, -0.1) is 0 Å². The highest BCUT2D eigenvalue weighted by Crippen LogP contribution is 2.39. The van der Waals surface area contributed by atoms with E-state index < -0.39 is 15.8 Å². The second kappa shape index (κ2) is 5.19. The van der Waals surface area contributed by atoms with Crippen LogP contribution in [-0.4, -0.2) is 20.1 Å². The van der Waals surface area contributed by atoms with E-state index in [0.717, 1.165) is 25.3 Å². The topological polar surface area (TPSA) is 66.4 Å². The van der Waals surface area contributed by atoms with Crippen LogP contribution in [0.15, 0.2) is 23.1 Å². The molecule has 0 radical (unpaired) electrons. The van der Waals surface area contributed by atoms with E-state index in [0.29, 0.717) is 12.1 Å². The lowest BCUT2D eigenvalue weighted by atomic mass is 9.71.